The van der Waals surface area contributed by atoms with E-state index in [9.17, 15) is 14.7 Å². The molecule has 0 aliphatic carbocycles. The number of ether oxygens (including phenoxy) is 1. The molecule has 0 amide bonds. The van der Waals surface area contributed by atoms with Gasteiger partial charge in [0.05, 0.1) is 31.1 Å². The van der Waals surface area contributed by atoms with Gasteiger partial charge in [0.2, 0.25) is 0 Å². The van der Waals surface area contributed by atoms with Crippen molar-refractivity contribution in [2.24, 2.45) is 11.8 Å². The number of hydrogen-bond donors (Lipinski definition) is 1. The Morgan fingerprint density at radius 1 is 0.653 bits per heavy atom. The molecule has 4 aliphatic heterocycles. The number of fused-ring (bicyclic) bond motifs is 2. The van der Waals surface area contributed by atoms with Crippen LogP contribution in [0, 0.1) is 11.8 Å². The maximum absolute atomic E-state index is 12.7. The van der Waals surface area contributed by atoms with E-state index in [1.54, 1.807) is 52.9 Å². The SMILES string of the molecule is CC1CN(c2cnc3c(C(=O)O)nn(C(C)c4ccc(Cl)cc4Cl)c3n2)CCC1N1CCCCC1.CCOC(=O)c1nn(C(C)c2ccc(Cl)cc2Cl)c2nc(N3CCC(N4CCCCC4)C(C)C3)cnc12. The lowest BCUT2D eigenvalue weighted by Gasteiger charge is -2.44. The molecule has 4 aliphatic rings. The lowest BCUT2D eigenvalue weighted by atomic mass is 9.91. The molecule has 0 spiro atoms. The Morgan fingerprint density at radius 2 is 1.08 bits per heavy atom. The van der Waals surface area contributed by atoms with Crippen molar-refractivity contribution in [3.63, 3.8) is 0 Å². The van der Waals surface area contributed by atoms with E-state index >= 15 is 0 Å². The van der Waals surface area contributed by atoms with E-state index in [-0.39, 0.29) is 35.6 Å². The van der Waals surface area contributed by atoms with Crippen molar-refractivity contribution in [3.8, 4) is 0 Å². The van der Waals surface area contributed by atoms with Crippen LogP contribution in [0.15, 0.2) is 48.8 Å². The van der Waals surface area contributed by atoms with Crippen LogP contribution in [0.25, 0.3) is 22.3 Å². The summed E-state index contributed by atoms with van der Waals surface area (Å²) in [5.41, 5.74) is 3.31. The highest BCUT2D eigenvalue weighted by Crippen LogP contribution is 2.35. The number of halogens is 4. The third-order valence-corrected chi connectivity index (χ3v) is 16.2. The second-order valence-electron chi connectivity index (χ2n) is 19.8. The first-order valence-corrected chi connectivity index (χ1v) is 27.0. The number of aromatic nitrogens is 8. The van der Waals surface area contributed by atoms with E-state index in [0.29, 0.717) is 60.8 Å². The number of carbonyl (C=O) groups is 2. The first kappa shape index (κ1) is 52.0. The average molecular weight is 1060 g/mol. The Morgan fingerprint density at radius 3 is 1.49 bits per heavy atom. The molecule has 2 aromatic carbocycles. The fourth-order valence-electron chi connectivity index (χ4n) is 11.3. The minimum absolute atomic E-state index is 0.117. The number of benzene rings is 2. The Labute approximate surface area is 440 Å². The summed E-state index contributed by atoms with van der Waals surface area (Å²) in [4.78, 5) is 53.6. The molecule has 0 radical (unpaired) electrons. The van der Waals surface area contributed by atoms with Gasteiger partial charge in [-0.05, 0) is 133 Å². The predicted molar refractivity (Wildman–Crippen MR) is 285 cm³/mol. The van der Waals surface area contributed by atoms with E-state index in [1.165, 1.54) is 64.7 Å². The number of nitrogens with zero attached hydrogens (tertiary/aromatic N) is 12. The van der Waals surface area contributed by atoms with Crippen molar-refractivity contribution in [1.82, 2.24) is 49.3 Å². The van der Waals surface area contributed by atoms with Crippen molar-refractivity contribution < 1.29 is 19.4 Å². The van der Waals surface area contributed by atoms with Gasteiger partial charge in [-0.3, -0.25) is 9.80 Å². The van der Waals surface area contributed by atoms with E-state index in [4.69, 9.17) is 61.1 Å². The van der Waals surface area contributed by atoms with Crippen LogP contribution >= 0.6 is 46.4 Å². The van der Waals surface area contributed by atoms with Gasteiger partial charge >= 0.3 is 11.9 Å². The molecule has 6 unspecified atom stereocenters. The minimum Gasteiger partial charge on any atom is -0.476 e. The summed E-state index contributed by atoms with van der Waals surface area (Å²) < 4.78 is 8.59. The third kappa shape index (κ3) is 11.0. The van der Waals surface area contributed by atoms with Gasteiger partial charge in [-0.2, -0.15) is 10.2 Å². The summed E-state index contributed by atoms with van der Waals surface area (Å²) in [7, 11) is 0. The van der Waals surface area contributed by atoms with E-state index in [1.807, 2.05) is 26.0 Å². The monoisotopic (exact) mass is 1060 g/mol. The van der Waals surface area contributed by atoms with Gasteiger partial charge < -0.3 is 19.6 Å². The Hall–Kier alpha value is -4.84. The molecule has 384 valence electrons. The number of carboxylic acids is 1. The highest BCUT2D eigenvalue weighted by atomic mass is 35.5. The number of anilines is 2. The number of hydrogen-bond acceptors (Lipinski definition) is 13. The standard InChI is InChI=1S/C27H34Cl2N6O2.C25H30Cl2N6O2/c1-4-37-27(36)25-24-26(35(32-25)18(3)20-9-8-19(28)14-21(20)29)31-23(15-30-24)34-13-10-22(17(2)16-34)33-11-6-5-7-12-33;1-15-14-32(11-8-20(15)31-9-4-3-5-10-31)21-13-28-22-23(25(34)35)30-33(24(22)29-21)16(2)18-7-6-17(26)12-19(18)27/h8-9,14-15,17-18,22H,4-7,10-13,16H2,1-3H3;6-7,12-13,15-16,20H,3-5,8-11,14H2,1-2H3,(H,34,35). The molecule has 6 atom stereocenters. The molecule has 4 aromatic heterocycles. The van der Waals surface area contributed by atoms with Gasteiger partial charge in [0.25, 0.3) is 0 Å². The predicted octanol–water partition coefficient (Wildman–Crippen LogP) is 10.8. The Kier molecular flexibility index (Phi) is 16.4. The van der Waals surface area contributed by atoms with E-state index < -0.39 is 11.9 Å². The lowest BCUT2D eigenvalue weighted by Crippen LogP contribution is -2.51. The topological polar surface area (TPSA) is 164 Å². The quantitative estimate of drug-likeness (QED) is 0.122. The number of carboxylic acid groups (broad SMARTS) is 1. The number of esters is 1. The van der Waals surface area contributed by atoms with Crippen LogP contribution in [0.4, 0.5) is 11.6 Å². The summed E-state index contributed by atoms with van der Waals surface area (Å²) in [6, 6.07) is 11.2. The fraction of sp³-hybridized carbons (Fsp3) is 0.538. The zero-order valence-corrected chi connectivity index (χ0v) is 44.7. The van der Waals surface area contributed by atoms with Gasteiger partial charge in [0, 0.05) is 58.4 Å². The molecule has 1 N–H and O–H groups in total. The number of rotatable bonds is 11. The fourth-order valence-corrected chi connectivity index (χ4v) is 12.5. The first-order chi connectivity index (χ1) is 34.7. The molecule has 20 heteroatoms. The van der Waals surface area contributed by atoms with Crippen LogP contribution in [0.3, 0.4) is 0 Å². The molecular formula is C52H64Cl4N12O4. The number of likely N-dealkylation sites (tertiary alicyclic amines) is 2. The van der Waals surface area contributed by atoms with Gasteiger partial charge in [-0.15, -0.1) is 0 Å². The average Bonchev–Trinajstić information content (AvgIpc) is 3.96. The largest absolute Gasteiger partial charge is 0.476 e. The molecule has 8 heterocycles. The van der Waals surface area contributed by atoms with Crippen molar-refractivity contribution in [1.29, 1.82) is 0 Å². The van der Waals surface area contributed by atoms with E-state index in [0.717, 1.165) is 61.8 Å². The van der Waals surface area contributed by atoms with Gasteiger partial charge in [0.15, 0.2) is 22.7 Å². The zero-order chi connectivity index (χ0) is 50.8. The highest BCUT2D eigenvalue weighted by Gasteiger charge is 2.35. The Balaban J connectivity index is 0.000000178. The number of carbonyl (C=O) groups excluding carboxylic acids is 1. The molecule has 0 saturated carbocycles. The van der Waals surface area contributed by atoms with E-state index in [2.05, 4.69) is 53.6 Å². The van der Waals surface area contributed by atoms with Crippen LogP contribution in [0.1, 0.15) is 130 Å². The Bertz CT molecular complexity index is 2900. The summed E-state index contributed by atoms with van der Waals surface area (Å²) >= 11 is 25.2. The van der Waals surface area contributed by atoms with Crippen LogP contribution in [0.2, 0.25) is 20.1 Å². The van der Waals surface area contributed by atoms with Crippen LogP contribution in [-0.2, 0) is 4.74 Å². The summed E-state index contributed by atoms with van der Waals surface area (Å²) in [6.45, 7) is 19.0. The minimum atomic E-state index is -1.14. The van der Waals surface area contributed by atoms with Crippen LogP contribution < -0.4 is 9.80 Å². The smallest absolute Gasteiger partial charge is 0.361 e. The maximum Gasteiger partial charge on any atom is 0.361 e. The first-order valence-electron chi connectivity index (χ1n) is 25.5. The lowest BCUT2D eigenvalue weighted by molar-refractivity contribution is 0.0519. The second kappa shape index (κ2) is 22.7. The van der Waals surface area contributed by atoms with Crippen molar-refractivity contribution in [2.45, 2.75) is 110 Å². The molecule has 4 saturated heterocycles. The van der Waals surface area contributed by atoms with Gasteiger partial charge in [0.1, 0.15) is 22.7 Å². The van der Waals surface area contributed by atoms with Gasteiger partial charge in [-0.25, -0.2) is 38.9 Å². The summed E-state index contributed by atoms with van der Waals surface area (Å²) in [5, 5.41) is 20.9. The zero-order valence-electron chi connectivity index (χ0n) is 41.7. The van der Waals surface area contributed by atoms with Crippen molar-refractivity contribution in [2.75, 3.05) is 68.8 Å². The molecular weight excluding hydrogens is 998 g/mol. The number of piperidine rings is 4. The molecule has 10 rings (SSSR count). The highest BCUT2D eigenvalue weighted by molar-refractivity contribution is 6.35. The summed E-state index contributed by atoms with van der Waals surface area (Å²) in [6.07, 6.45) is 13.5. The van der Waals surface area contributed by atoms with Crippen molar-refractivity contribution >= 4 is 92.3 Å². The third-order valence-electron chi connectivity index (χ3n) is 15.1. The van der Waals surface area contributed by atoms with Crippen LogP contribution in [0.5, 0.6) is 0 Å². The molecule has 16 nitrogen and oxygen atoms in total. The maximum atomic E-state index is 12.7. The second-order valence-corrected chi connectivity index (χ2v) is 21.5. The van der Waals surface area contributed by atoms with Gasteiger partial charge in [-0.1, -0.05) is 85.2 Å². The normalized spacial score (nSPS) is 22.1. The molecule has 72 heavy (non-hydrogen) atoms. The molecule has 0 bridgehead atoms. The molecule has 4 fully saturated rings. The number of aromatic carboxylic acids is 1. The van der Waals surface area contributed by atoms with Crippen LogP contribution in [-0.4, -0.2) is 137 Å². The summed E-state index contributed by atoms with van der Waals surface area (Å²) in [5.74, 6) is 0.915. The molecule has 6 aromatic rings. The van der Waals surface area contributed by atoms with Crippen molar-refractivity contribution in [3.05, 3.63) is 91.4 Å².